The van der Waals surface area contributed by atoms with Gasteiger partial charge in [-0.05, 0) is 30.5 Å². The minimum atomic E-state index is 0.327. The molecule has 1 aromatic rings. The molecule has 0 radical (unpaired) electrons. The number of ketones is 1. The van der Waals surface area contributed by atoms with Crippen molar-refractivity contribution in [2.45, 2.75) is 26.7 Å². The number of nitrogens with zero attached hydrogens (tertiary/aromatic N) is 1. The molecule has 0 saturated carbocycles. The fourth-order valence-electron chi connectivity index (χ4n) is 2.12. The molecule has 1 aliphatic heterocycles. The molecule has 1 aliphatic rings. The molecular formula is C13H17NO. The van der Waals surface area contributed by atoms with Crippen molar-refractivity contribution in [3.8, 4) is 0 Å². The highest BCUT2D eigenvalue weighted by Gasteiger charge is 2.20. The number of carbonyl (C=O) groups excluding carboxylic acids is 1. The Hall–Kier alpha value is -1.31. The Balaban J connectivity index is 2.42. The molecule has 0 aliphatic carbocycles. The van der Waals surface area contributed by atoms with Crippen LogP contribution in [0, 0.1) is 0 Å². The lowest BCUT2D eigenvalue weighted by molar-refractivity contribution is -0.117. The van der Waals surface area contributed by atoms with E-state index in [0.717, 1.165) is 13.0 Å². The summed E-state index contributed by atoms with van der Waals surface area (Å²) in [6.45, 7) is 5.75. The van der Waals surface area contributed by atoms with Crippen LogP contribution in [0.5, 0.6) is 0 Å². The molecule has 15 heavy (non-hydrogen) atoms. The summed E-state index contributed by atoms with van der Waals surface area (Å²) in [7, 11) is 0. The highest BCUT2D eigenvalue weighted by molar-refractivity contribution is 5.90. The van der Waals surface area contributed by atoms with Gasteiger partial charge in [0.05, 0.1) is 6.54 Å². The van der Waals surface area contributed by atoms with Gasteiger partial charge in [0, 0.05) is 18.7 Å². The molecule has 2 rings (SSSR count). The molecule has 0 unspecified atom stereocenters. The van der Waals surface area contributed by atoms with Gasteiger partial charge >= 0.3 is 0 Å². The van der Waals surface area contributed by atoms with Gasteiger partial charge in [0.1, 0.15) is 0 Å². The second-order valence-electron chi connectivity index (χ2n) is 4.05. The maximum atomic E-state index is 11.5. The first-order valence-electron chi connectivity index (χ1n) is 5.63. The van der Waals surface area contributed by atoms with E-state index in [1.807, 2.05) is 0 Å². The van der Waals surface area contributed by atoms with E-state index in [-0.39, 0.29) is 0 Å². The first-order chi connectivity index (χ1) is 7.24. The second-order valence-corrected chi connectivity index (χ2v) is 4.05. The van der Waals surface area contributed by atoms with Crippen molar-refractivity contribution in [1.29, 1.82) is 0 Å². The summed E-state index contributed by atoms with van der Waals surface area (Å²) < 4.78 is 0. The number of hydrogen-bond donors (Lipinski definition) is 0. The van der Waals surface area contributed by atoms with E-state index < -0.39 is 0 Å². The van der Waals surface area contributed by atoms with Gasteiger partial charge in [0.15, 0.2) is 5.78 Å². The van der Waals surface area contributed by atoms with Crippen molar-refractivity contribution in [3.63, 3.8) is 0 Å². The van der Waals surface area contributed by atoms with E-state index in [1.165, 1.54) is 16.8 Å². The first kappa shape index (κ1) is 10.2. The van der Waals surface area contributed by atoms with Gasteiger partial charge in [-0.25, -0.2) is 0 Å². The Bertz CT molecular complexity index is 384. The van der Waals surface area contributed by atoms with Crippen LogP contribution in [0.25, 0.3) is 0 Å². The number of benzene rings is 1. The summed E-state index contributed by atoms with van der Waals surface area (Å²) in [6.07, 6.45) is 1.66. The number of anilines is 1. The molecule has 0 amide bonds. The van der Waals surface area contributed by atoms with Crippen LogP contribution in [0.15, 0.2) is 18.2 Å². The van der Waals surface area contributed by atoms with Gasteiger partial charge in [0.2, 0.25) is 0 Å². The molecule has 0 bridgehead atoms. The van der Waals surface area contributed by atoms with Crippen LogP contribution in [0.2, 0.25) is 0 Å². The summed E-state index contributed by atoms with van der Waals surface area (Å²) in [5.74, 6) is 0.327. The van der Waals surface area contributed by atoms with E-state index in [0.29, 0.717) is 18.7 Å². The normalized spacial score (nSPS) is 15.3. The fourth-order valence-corrected chi connectivity index (χ4v) is 2.12. The van der Waals surface area contributed by atoms with Gasteiger partial charge < -0.3 is 4.90 Å². The fraction of sp³-hybridized carbons (Fsp3) is 0.462. The molecule has 2 heteroatoms. The lowest BCUT2D eigenvalue weighted by atomic mass is 9.98. The minimum Gasteiger partial charge on any atom is -0.364 e. The molecule has 0 fully saturated rings. The second kappa shape index (κ2) is 4.05. The molecule has 80 valence electrons. The number of aryl methyl sites for hydroxylation is 1. The zero-order valence-corrected chi connectivity index (χ0v) is 9.42. The Kier molecular flexibility index (Phi) is 2.76. The average Bonchev–Trinajstić information content (AvgIpc) is 2.27. The molecule has 0 spiro atoms. The lowest BCUT2D eigenvalue weighted by Crippen LogP contribution is -2.35. The molecule has 1 aromatic carbocycles. The topological polar surface area (TPSA) is 20.3 Å². The third kappa shape index (κ3) is 1.89. The van der Waals surface area contributed by atoms with Crippen LogP contribution >= 0.6 is 0 Å². The standard InChI is InChI=1S/C13H17NO/c1-3-10-5-6-11-8-12(15)9-14(4-2)13(11)7-10/h5-7H,3-4,8-9H2,1-2H3. The maximum absolute atomic E-state index is 11.5. The summed E-state index contributed by atoms with van der Waals surface area (Å²) in [6, 6.07) is 6.46. The van der Waals surface area contributed by atoms with Crippen LogP contribution < -0.4 is 4.90 Å². The van der Waals surface area contributed by atoms with Crippen molar-refractivity contribution < 1.29 is 4.79 Å². The zero-order chi connectivity index (χ0) is 10.8. The number of carbonyl (C=O) groups is 1. The van der Waals surface area contributed by atoms with E-state index in [1.54, 1.807) is 0 Å². The molecule has 0 aromatic heterocycles. The number of hydrogen-bond acceptors (Lipinski definition) is 2. The van der Waals surface area contributed by atoms with Gasteiger partial charge in [-0.15, -0.1) is 0 Å². The van der Waals surface area contributed by atoms with Crippen molar-refractivity contribution in [3.05, 3.63) is 29.3 Å². The van der Waals surface area contributed by atoms with Crippen LogP contribution in [0.1, 0.15) is 25.0 Å². The van der Waals surface area contributed by atoms with Crippen molar-refractivity contribution in [2.24, 2.45) is 0 Å². The Morgan fingerprint density at radius 2 is 2.13 bits per heavy atom. The van der Waals surface area contributed by atoms with Crippen molar-refractivity contribution in [1.82, 2.24) is 0 Å². The molecule has 2 nitrogen and oxygen atoms in total. The van der Waals surface area contributed by atoms with Crippen molar-refractivity contribution in [2.75, 3.05) is 18.0 Å². The van der Waals surface area contributed by atoms with E-state index in [2.05, 4.69) is 36.9 Å². The smallest absolute Gasteiger partial charge is 0.156 e. The Morgan fingerprint density at radius 1 is 1.33 bits per heavy atom. The minimum absolute atomic E-state index is 0.327. The predicted molar refractivity (Wildman–Crippen MR) is 62.4 cm³/mol. The number of likely N-dealkylation sites (N-methyl/N-ethyl adjacent to an activating group) is 1. The van der Waals surface area contributed by atoms with Crippen molar-refractivity contribution >= 4 is 11.5 Å². The number of Topliss-reactive ketones (excluding diaryl/α,β-unsaturated/α-hetero) is 1. The van der Waals surface area contributed by atoms with Crippen LogP contribution in [-0.4, -0.2) is 18.9 Å². The molecular weight excluding hydrogens is 186 g/mol. The van der Waals surface area contributed by atoms with Gasteiger partial charge in [-0.1, -0.05) is 19.1 Å². The number of rotatable bonds is 2. The highest BCUT2D eigenvalue weighted by atomic mass is 16.1. The van der Waals surface area contributed by atoms with Crippen LogP contribution in [0.4, 0.5) is 5.69 Å². The van der Waals surface area contributed by atoms with Crippen LogP contribution in [0.3, 0.4) is 0 Å². The summed E-state index contributed by atoms with van der Waals surface area (Å²) >= 11 is 0. The van der Waals surface area contributed by atoms with Gasteiger partial charge in [0.25, 0.3) is 0 Å². The monoisotopic (exact) mass is 203 g/mol. The SMILES string of the molecule is CCc1ccc2c(c1)N(CC)CC(=O)C2. The summed E-state index contributed by atoms with van der Waals surface area (Å²) in [5.41, 5.74) is 3.79. The average molecular weight is 203 g/mol. The van der Waals surface area contributed by atoms with Gasteiger partial charge in [-0.2, -0.15) is 0 Å². The third-order valence-electron chi connectivity index (χ3n) is 3.04. The number of fused-ring (bicyclic) bond motifs is 1. The lowest BCUT2D eigenvalue weighted by Gasteiger charge is -2.29. The zero-order valence-electron chi connectivity index (χ0n) is 9.42. The molecule has 0 N–H and O–H groups in total. The van der Waals surface area contributed by atoms with E-state index in [4.69, 9.17) is 0 Å². The van der Waals surface area contributed by atoms with Gasteiger partial charge in [-0.3, -0.25) is 4.79 Å². The molecule has 1 heterocycles. The summed E-state index contributed by atoms with van der Waals surface area (Å²) in [4.78, 5) is 13.7. The Morgan fingerprint density at radius 3 is 2.80 bits per heavy atom. The van der Waals surface area contributed by atoms with Crippen LogP contribution in [-0.2, 0) is 17.6 Å². The largest absolute Gasteiger partial charge is 0.364 e. The van der Waals surface area contributed by atoms with E-state index in [9.17, 15) is 4.79 Å². The third-order valence-corrected chi connectivity index (χ3v) is 3.04. The summed E-state index contributed by atoms with van der Waals surface area (Å²) in [5, 5.41) is 0. The maximum Gasteiger partial charge on any atom is 0.156 e. The highest BCUT2D eigenvalue weighted by Crippen LogP contribution is 2.26. The Labute approximate surface area is 90.9 Å². The molecule has 0 atom stereocenters. The molecule has 0 saturated heterocycles. The first-order valence-corrected chi connectivity index (χ1v) is 5.63. The van der Waals surface area contributed by atoms with E-state index >= 15 is 0 Å². The predicted octanol–water partition coefficient (Wildman–Crippen LogP) is 2.20. The quantitative estimate of drug-likeness (QED) is 0.734.